The Kier molecular flexibility index (Phi) is 6.41. The molecular formula is C57H49N. The Morgan fingerprint density at radius 2 is 1.10 bits per heavy atom. The van der Waals surface area contributed by atoms with Gasteiger partial charge in [-0.3, -0.25) is 0 Å². The molecule has 5 aliphatic rings. The number of benzene rings is 8. The molecule has 0 amide bonds. The maximum Gasteiger partial charge on any atom is 0.0540 e. The molecule has 0 unspecified atom stereocenters. The summed E-state index contributed by atoms with van der Waals surface area (Å²) in [6.07, 6.45) is 7.18. The quantitative estimate of drug-likeness (QED) is 0.153. The standard InChI is InChI=1S/C57H49N/c1-57(2)53-14-8-6-13-50(53)52-35-42(24-27-54(52)57)41-22-18-39-19-23-43-33-47(25-26-48(43)51(39)34-41)58(46-10-4-3-5-11-46)55-15-9-7-12-49(55)38-16-20-40(21-17-38)56-44-29-36-28-37(31-44)32-45(56)30-36/h3-27,33-37,44-45,56H,28-32H2,1-2H3/i1D3,2D3. The van der Waals surface area contributed by atoms with E-state index >= 15 is 0 Å². The zero-order chi connectivity index (χ0) is 43.5. The molecule has 4 saturated carbocycles. The van der Waals surface area contributed by atoms with Gasteiger partial charge in [0.05, 0.1) is 5.69 Å². The molecule has 1 heteroatoms. The van der Waals surface area contributed by atoms with Crippen LogP contribution in [0.15, 0.2) is 170 Å². The molecule has 282 valence electrons. The number of fused-ring (bicyclic) bond motifs is 6. The van der Waals surface area contributed by atoms with Crippen molar-refractivity contribution in [2.24, 2.45) is 23.7 Å². The van der Waals surface area contributed by atoms with Crippen molar-refractivity contribution in [3.05, 3.63) is 187 Å². The Balaban J connectivity index is 0.924. The predicted molar refractivity (Wildman–Crippen MR) is 244 cm³/mol. The minimum atomic E-state index is -2.79. The molecule has 13 rings (SSSR count). The molecule has 0 spiro atoms. The summed E-state index contributed by atoms with van der Waals surface area (Å²) in [5.41, 5.74) is 8.95. The monoisotopic (exact) mass is 753 g/mol. The van der Waals surface area contributed by atoms with Gasteiger partial charge in [0.25, 0.3) is 0 Å². The van der Waals surface area contributed by atoms with Crippen LogP contribution >= 0.6 is 0 Å². The molecule has 0 aliphatic heterocycles. The summed E-state index contributed by atoms with van der Waals surface area (Å²) >= 11 is 0. The first-order valence-corrected chi connectivity index (χ1v) is 21.2. The molecular weight excluding hydrogens is 699 g/mol. The minimum absolute atomic E-state index is 0.329. The van der Waals surface area contributed by atoms with E-state index in [1.165, 1.54) is 48.8 Å². The van der Waals surface area contributed by atoms with Crippen molar-refractivity contribution in [2.45, 2.75) is 57.1 Å². The Morgan fingerprint density at radius 3 is 1.90 bits per heavy atom. The smallest absolute Gasteiger partial charge is 0.0540 e. The lowest BCUT2D eigenvalue weighted by Crippen LogP contribution is -2.43. The second kappa shape index (κ2) is 13.0. The van der Waals surface area contributed by atoms with E-state index in [1.807, 2.05) is 24.3 Å². The lowest BCUT2D eigenvalue weighted by molar-refractivity contribution is -0.00277. The summed E-state index contributed by atoms with van der Waals surface area (Å²) in [6, 6.07) is 59.2. The van der Waals surface area contributed by atoms with Crippen LogP contribution in [0.25, 0.3) is 54.9 Å². The highest BCUT2D eigenvalue weighted by Crippen LogP contribution is 2.60. The van der Waals surface area contributed by atoms with Crippen LogP contribution in [0, 0.1) is 23.7 Å². The van der Waals surface area contributed by atoms with Gasteiger partial charge in [-0.1, -0.05) is 141 Å². The van der Waals surface area contributed by atoms with Crippen molar-refractivity contribution in [1.82, 2.24) is 0 Å². The first kappa shape index (κ1) is 28.5. The van der Waals surface area contributed by atoms with Crippen LogP contribution in [-0.4, -0.2) is 0 Å². The zero-order valence-corrected chi connectivity index (χ0v) is 32.5. The first-order chi connectivity index (χ1) is 31.0. The Hall–Kier alpha value is -5.92. The highest BCUT2D eigenvalue weighted by atomic mass is 15.1. The fourth-order valence-electron chi connectivity index (χ4n) is 12.1. The highest BCUT2D eigenvalue weighted by molar-refractivity contribution is 6.10. The number of anilines is 3. The zero-order valence-electron chi connectivity index (χ0n) is 38.5. The van der Waals surface area contributed by atoms with E-state index in [0.29, 0.717) is 28.2 Å². The summed E-state index contributed by atoms with van der Waals surface area (Å²) in [5.74, 6) is 4.36. The summed E-state index contributed by atoms with van der Waals surface area (Å²) in [5, 5.41) is 4.46. The van der Waals surface area contributed by atoms with Gasteiger partial charge in [-0.2, -0.15) is 0 Å². The van der Waals surface area contributed by atoms with E-state index in [9.17, 15) is 0 Å². The van der Waals surface area contributed by atoms with Gasteiger partial charge in [0.1, 0.15) is 0 Å². The predicted octanol–water partition coefficient (Wildman–Crippen LogP) is 15.6. The normalized spacial score (nSPS) is 24.2. The third kappa shape index (κ3) is 5.36. The summed E-state index contributed by atoms with van der Waals surface area (Å²) in [7, 11) is 0. The van der Waals surface area contributed by atoms with Gasteiger partial charge < -0.3 is 4.90 Å². The molecule has 0 saturated heterocycles. The number of hydrogen-bond donors (Lipinski definition) is 0. The maximum atomic E-state index is 8.60. The fraction of sp³-hybridized carbons (Fsp3) is 0.228. The number of rotatable bonds is 6. The summed E-state index contributed by atoms with van der Waals surface area (Å²) < 4.78 is 51.6. The first-order valence-electron chi connectivity index (χ1n) is 24.2. The third-order valence-electron chi connectivity index (χ3n) is 14.5. The van der Waals surface area contributed by atoms with Crippen LogP contribution in [0.2, 0.25) is 0 Å². The van der Waals surface area contributed by atoms with Crippen molar-refractivity contribution >= 4 is 38.6 Å². The third-order valence-corrected chi connectivity index (χ3v) is 14.5. The van der Waals surface area contributed by atoms with Crippen LogP contribution in [0.5, 0.6) is 0 Å². The molecule has 4 bridgehead atoms. The van der Waals surface area contributed by atoms with Crippen molar-refractivity contribution in [3.8, 4) is 33.4 Å². The van der Waals surface area contributed by atoms with E-state index in [2.05, 4.69) is 132 Å². The highest BCUT2D eigenvalue weighted by Gasteiger charge is 2.48. The lowest BCUT2D eigenvalue weighted by Gasteiger charge is -2.54. The molecule has 0 aromatic heterocycles. The topological polar surface area (TPSA) is 3.24 Å². The van der Waals surface area contributed by atoms with Gasteiger partial charge in [-0.15, -0.1) is 0 Å². The van der Waals surface area contributed by atoms with Crippen LogP contribution in [-0.2, 0) is 5.41 Å². The van der Waals surface area contributed by atoms with Gasteiger partial charge in [-0.05, 0) is 170 Å². The van der Waals surface area contributed by atoms with Gasteiger partial charge in [0.15, 0.2) is 0 Å². The largest absolute Gasteiger partial charge is 0.310 e. The van der Waals surface area contributed by atoms with Gasteiger partial charge in [0, 0.05) is 30.6 Å². The van der Waals surface area contributed by atoms with Gasteiger partial charge in [-0.25, -0.2) is 0 Å². The van der Waals surface area contributed by atoms with E-state index in [1.54, 1.807) is 18.2 Å². The molecule has 1 nitrogen and oxygen atoms in total. The van der Waals surface area contributed by atoms with E-state index in [-0.39, 0.29) is 0 Å². The lowest BCUT2D eigenvalue weighted by atomic mass is 9.51. The number of nitrogens with zero attached hydrogens (tertiary/aromatic N) is 1. The van der Waals surface area contributed by atoms with Gasteiger partial charge >= 0.3 is 0 Å². The van der Waals surface area contributed by atoms with Crippen LogP contribution in [0.1, 0.15) is 76.6 Å². The number of hydrogen-bond acceptors (Lipinski definition) is 1. The van der Waals surface area contributed by atoms with Crippen LogP contribution < -0.4 is 4.90 Å². The Morgan fingerprint density at radius 1 is 0.466 bits per heavy atom. The molecule has 5 aliphatic carbocycles. The average Bonchev–Trinajstić information content (AvgIpc) is 3.61. The summed E-state index contributed by atoms with van der Waals surface area (Å²) in [6.45, 7) is -5.58. The second-order valence-corrected chi connectivity index (χ2v) is 17.7. The van der Waals surface area contributed by atoms with Gasteiger partial charge in [0.2, 0.25) is 0 Å². The van der Waals surface area contributed by atoms with Crippen molar-refractivity contribution in [1.29, 1.82) is 0 Å². The molecule has 0 N–H and O–H groups in total. The second-order valence-electron chi connectivity index (χ2n) is 17.7. The molecule has 0 heterocycles. The molecule has 8 aromatic carbocycles. The molecule has 0 atom stereocenters. The SMILES string of the molecule is [2H]C([2H])([2H])C1(C([2H])([2H])[2H])c2ccccc2-c2cc(-c3ccc4ccc5cc(N(c6ccccc6)c6ccccc6-c6ccc(C7C8CC9CC(C8)CC7C9)cc6)ccc5c4c3)ccc21. The maximum absolute atomic E-state index is 8.60. The molecule has 58 heavy (non-hydrogen) atoms. The van der Waals surface area contributed by atoms with E-state index in [0.717, 1.165) is 73.4 Å². The van der Waals surface area contributed by atoms with Crippen molar-refractivity contribution in [2.75, 3.05) is 4.90 Å². The van der Waals surface area contributed by atoms with Crippen LogP contribution in [0.4, 0.5) is 17.1 Å². The average molecular weight is 754 g/mol. The molecule has 0 radical (unpaired) electrons. The van der Waals surface area contributed by atoms with Crippen molar-refractivity contribution in [3.63, 3.8) is 0 Å². The van der Waals surface area contributed by atoms with E-state index < -0.39 is 19.1 Å². The van der Waals surface area contributed by atoms with Crippen LogP contribution in [0.3, 0.4) is 0 Å². The fourth-order valence-corrected chi connectivity index (χ4v) is 12.1. The number of para-hydroxylation sites is 2. The summed E-state index contributed by atoms with van der Waals surface area (Å²) in [4.78, 5) is 2.38. The van der Waals surface area contributed by atoms with Crippen molar-refractivity contribution < 1.29 is 8.22 Å². The molecule has 4 fully saturated rings. The molecule has 8 aromatic rings. The minimum Gasteiger partial charge on any atom is -0.310 e. The Labute approximate surface area is 351 Å². The van der Waals surface area contributed by atoms with E-state index in [4.69, 9.17) is 8.22 Å². The Bertz CT molecular complexity index is 3070.